The summed E-state index contributed by atoms with van der Waals surface area (Å²) in [7, 11) is 4.91. The second kappa shape index (κ2) is 11.9. The Bertz CT molecular complexity index is 919. The van der Waals surface area contributed by atoms with Crippen LogP contribution in [-0.2, 0) is 20.6 Å². The van der Waals surface area contributed by atoms with Crippen molar-refractivity contribution in [3.8, 4) is 0 Å². The van der Waals surface area contributed by atoms with Gasteiger partial charge in [0.05, 0.1) is 30.6 Å². The SMILES string of the molecule is COCCNC(=O)c1cc(CCOC)ccc1NC(=O)c1csc(N2CC[C@H](OC)C2)n1. The van der Waals surface area contributed by atoms with Crippen LogP contribution in [0.15, 0.2) is 23.6 Å². The van der Waals surface area contributed by atoms with E-state index in [4.69, 9.17) is 14.2 Å². The second-order valence-electron chi connectivity index (χ2n) is 7.43. The number of methoxy groups -OCH3 is 3. The van der Waals surface area contributed by atoms with Gasteiger partial charge in [0.1, 0.15) is 5.69 Å². The highest BCUT2D eigenvalue weighted by atomic mass is 32.1. The molecule has 3 rings (SSSR count). The summed E-state index contributed by atoms with van der Waals surface area (Å²) in [6.45, 7) is 2.93. The lowest BCUT2D eigenvalue weighted by Crippen LogP contribution is -2.28. The Balaban J connectivity index is 1.73. The Morgan fingerprint density at radius 2 is 2.00 bits per heavy atom. The normalized spacial score (nSPS) is 15.7. The van der Waals surface area contributed by atoms with E-state index in [1.165, 1.54) is 11.3 Å². The van der Waals surface area contributed by atoms with E-state index in [0.29, 0.717) is 43.1 Å². The molecule has 1 atom stereocenters. The van der Waals surface area contributed by atoms with Crippen LogP contribution in [0.4, 0.5) is 10.8 Å². The van der Waals surface area contributed by atoms with Gasteiger partial charge in [-0.05, 0) is 30.5 Å². The summed E-state index contributed by atoms with van der Waals surface area (Å²) in [5.74, 6) is -0.635. The van der Waals surface area contributed by atoms with Crippen LogP contribution in [0.1, 0.15) is 32.8 Å². The third-order valence-electron chi connectivity index (χ3n) is 5.24. The molecule has 0 spiro atoms. The molecule has 1 aromatic carbocycles. The van der Waals surface area contributed by atoms with Gasteiger partial charge in [-0.15, -0.1) is 11.3 Å². The first kappa shape index (κ1) is 24.1. The van der Waals surface area contributed by atoms with E-state index >= 15 is 0 Å². The van der Waals surface area contributed by atoms with Crippen molar-refractivity contribution in [3.05, 3.63) is 40.4 Å². The summed E-state index contributed by atoms with van der Waals surface area (Å²) >= 11 is 1.43. The average Bonchev–Trinajstić information content (AvgIpc) is 3.48. The maximum atomic E-state index is 12.9. The molecule has 1 fully saturated rings. The van der Waals surface area contributed by atoms with Gasteiger partial charge in [-0.3, -0.25) is 9.59 Å². The van der Waals surface area contributed by atoms with Gasteiger partial charge in [-0.25, -0.2) is 4.98 Å². The van der Waals surface area contributed by atoms with Gasteiger partial charge in [-0.1, -0.05) is 6.07 Å². The Hall–Kier alpha value is -2.53. The first-order chi connectivity index (χ1) is 15.5. The molecule has 1 saturated heterocycles. The largest absolute Gasteiger partial charge is 0.384 e. The number of carbonyl (C=O) groups is 2. The predicted molar refractivity (Wildman–Crippen MR) is 124 cm³/mol. The molecule has 2 amide bonds. The van der Waals surface area contributed by atoms with Gasteiger partial charge < -0.3 is 29.7 Å². The number of anilines is 2. The van der Waals surface area contributed by atoms with E-state index in [0.717, 1.165) is 30.2 Å². The molecule has 2 N–H and O–H groups in total. The van der Waals surface area contributed by atoms with Crippen LogP contribution in [0, 0.1) is 0 Å². The molecule has 9 nitrogen and oxygen atoms in total. The number of nitrogens with one attached hydrogen (secondary N) is 2. The zero-order valence-electron chi connectivity index (χ0n) is 18.7. The van der Waals surface area contributed by atoms with E-state index in [1.54, 1.807) is 38.8 Å². The van der Waals surface area contributed by atoms with E-state index in [9.17, 15) is 9.59 Å². The lowest BCUT2D eigenvalue weighted by molar-refractivity contribution is 0.0937. The fourth-order valence-electron chi connectivity index (χ4n) is 3.42. The van der Waals surface area contributed by atoms with Gasteiger partial charge in [0.25, 0.3) is 11.8 Å². The van der Waals surface area contributed by atoms with E-state index in [1.807, 2.05) is 6.07 Å². The number of hydrogen-bond donors (Lipinski definition) is 2. The Kier molecular flexibility index (Phi) is 8.98. The van der Waals surface area contributed by atoms with Crippen molar-refractivity contribution in [2.24, 2.45) is 0 Å². The molecule has 1 aliphatic heterocycles. The van der Waals surface area contributed by atoms with Crippen molar-refractivity contribution in [2.45, 2.75) is 18.9 Å². The summed E-state index contributed by atoms with van der Waals surface area (Å²) in [5, 5.41) is 8.18. The van der Waals surface area contributed by atoms with Crippen molar-refractivity contribution >= 4 is 34.0 Å². The van der Waals surface area contributed by atoms with Crippen molar-refractivity contribution < 1.29 is 23.8 Å². The molecule has 174 valence electrons. The molecule has 0 unspecified atom stereocenters. The Labute approximate surface area is 192 Å². The van der Waals surface area contributed by atoms with Crippen LogP contribution in [0.5, 0.6) is 0 Å². The fraction of sp³-hybridized carbons (Fsp3) is 0.500. The van der Waals surface area contributed by atoms with Crippen LogP contribution in [0.25, 0.3) is 0 Å². The van der Waals surface area contributed by atoms with E-state index in [-0.39, 0.29) is 17.9 Å². The van der Waals surface area contributed by atoms with Crippen molar-refractivity contribution in [2.75, 3.05) is 64.4 Å². The number of benzene rings is 1. The summed E-state index contributed by atoms with van der Waals surface area (Å²) in [6.07, 6.45) is 1.79. The number of rotatable bonds is 11. The second-order valence-corrected chi connectivity index (χ2v) is 8.27. The molecule has 32 heavy (non-hydrogen) atoms. The lowest BCUT2D eigenvalue weighted by atomic mass is 10.1. The quantitative estimate of drug-likeness (QED) is 0.494. The van der Waals surface area contributed by atoms with Crippen molar-refractivity contribution in [1.82, 2.24) is 10.3 Å². The molecule has 0 aliphatic carbocycles. The molecular formula is C22H30N4O5S. The number of hydrogen-bond acceptors (Lipinski definition) is 8. The Morgan fingerprint density at radius 3 is 2.72 bits per heavy atom. The Morgan fingerprint density at radius 1 is 1.19 bits per heavy atom. The number of nitrogens with zero attached hydrogens (tertiary/aromatic N) is 2. The van der Waals surface area contributed by atoms with Crippen LogP contribution in [0.2, 0.25) is 0 Å². The van der Waals surface area contributed by atoms with Gasteiger partial charge in [-0.2, -0.15) is 0 Å². The molecule has 1 aliphatic rings. The highest BCUT2D eigenvalue weighted by Crippen LogP contribution is 2.26. The molecule has 0 radical (unpaired) electrons. The van der Waals surface area contributed by atoms with Crippen molar-refractivity contribution in [3.63, 3.8) is 0 Å². The average molecular weight is 463 g/mol. The maximum absolute atomic E-state index is 12.9. The summed E-state index contributed by atoms with van der Waals surface area (Å²) < 4.78 is 15.5. The summed E-state index contributed by atoms with van der Waals surface area (Å²) in [5.41, 5.74) is 2.08. The molecule has 2 heterocycles. The predicted octanol–water partition coefficient (Wildman–Crippen LogP) is 2.19. The third-order valence-corrected chi connectivity index (χ3v) is 6.14. The highest BCUT2D eigenvalue weighted by molar-refractivity contribution is 7.14. The minimum atomic E-state index is -0.356. The molecular weight excluding hydrogens is 432 g/mol. The number of amides is 2. The third kappa shape index (κ3) is 6.26. The monoisotopic (exact) mass is 462 g/mol. The molecule has 2 aromatic rings. The van der Waals surface area contributed by atoms with Gasteiger partial charge in [0, 0.05) is 46.3 Å². The number of aromatic nitrogens is 1. The number of thiazole rings is 1. The fourth-order valence-corrected chi connectivity index (χ4v) is 4.26. The van der Waals surface area contributed by atoms with Crippen LogP contribution in [-0.4, -0.2) is 77.1 Å². The van der Waals surface area contributed by atoms with Gasteiger partial charge >= 0.3 is 0 Å². The molecule has 1 aromatic heterocycles. The van der Waals surface area contributed by atoms with Crippen LogP contribution < -0.4 is 15.5 Å². The van der Waals surface area contributed by atoms with E-state index in [2.05, 4.69) is 20.5 Å². The standard InChI is InChI=1S/C22H30N4O5S/c1-29-10-7-15-4-5-18(17(12-15)20(27)23-8-11-30-2)24-21(28)19-14-32-22(25-19)26-9-6-16(13-26)31-3/h4-5,12,14,16H,6-11,13H2,1-3H3,(H,23,27)(H,24,28)/t16-/m0/s1. The minimum absolute atomic E-state index is 0.187. The lowest BCUT2D eigenvalue weighted by Gasteiger charge is -2.14. The maximum Gasteiger partial charge on any atom is 0.275 e. The zero-order chi connectivity index (χ0) is 22.9. The number of ether oxygens (including phenoxy) is 3. The van der Waals surface area contributed by atoms with Gasteiger partial charge in [0.2, 0.25) is 0 Å². The molecule has 0 saturated carbocycles. The van der Waals surface area contributed by atoms with E-state index < -0.39 is 0 Å². The first-order valence-corrected chi connectivity index (χ1v) is 11.4. The van der Waals surface area contributed by atoms with Crippen LogP contribution >= 0.6 is 11.3 Å². The van der Waals surface area contributed by atoms with Crippen LogP contribution in [0.3, 0.4) is 0 Å². The summed E-state index contributed by atoms with van der Waals surface area (Å²) in [6, 6.07) is 5.39. The highest BCUT2D eigenvalue weighted by Gasteiger charge is 2.25. The minimum Gasteiger partial charge on any atom is -0.384 e. The molecule has 0 bridgehead atoms. The summed E-state index contributed by atoms with van der Waals surface area (Å²) in [4.78, 5) is 32.2. The first-order valence-electron chi connectivity index (χ1n) is 10.5. The van der Waals surface area contributed by atoms with Crippen molar-refractivity contribution in [1.29, 1.82) is 0 Å². The number of carbonyl (C=O) groups excluding carboxylic acids is 2. The zero-order valence-corrected chi connectivity index (χ0v) is 19.5. The smallest absolute Gasteiger partial charge is 0.275 e. The molecule has 10 heteroatoms. The van der Waals surface area contributed by atoms with Gasteiger partial charge in [0.15, 0.2) is 5.13 Å². The topological polar surface area (TPSA) is 102 Å².